The zero-order valence-electron chi connectivity index (χ0n) is 12.6. The highest BCUT2D eigenvalue weighted by molar-refractivity contribution is 5.58. The van der Waals surface area contributed by atoms with E-state index in [-0.39, 0.29) is 6.04 Å². The fourth-order valence-corrected chi connectivity index (χ4v) is 3.00. The Morgan fingerprint density at radius 3 is 2.65 bits per heavy atom. The van der Waals surface area contributed by atoms with Crippen molar-refractivity contribution in [2.45, 2.75) is 58.5 Å². The lowest BCUT2D eigenvalue weighted by atomic mass is 9.97. The van der Waals surface area contributed by atoms with Crippen LogP contribution in [0.25, 0.3) is 0 Å². The molecule has 1 aliphatic heterocycles. The van der Waals surface area contributed by atoms with Crippen LogP contribution in [-0.2, 0) is 12.8 Å². The standard InChI is InChI=1S/C15H23N5/c1-4-12-13(9-16)15(19-18-14(12)5-2)20-7-6-11(17)8-10(20)3/h10-11H,4-8,17H2,1-3H3. The van der Waals surface area contributed by atoms with E-state index in [2.05, 4.69) is 35.0 Å². The fraction of sp³-hybridized carbons (Fsp3) is 0.667. The summed E-state index contributed by atoms with van der Waals surface area (Å²) in [5.74, 6) is 0.737. The summed E-state index contributed by atoms with van der Waals surface area (Å²) in [5, 5.41) is 18.2. The maximum absolute atomic E-state index is 9.55. The monoisotopic (exact) mass is 273 g/mol. The van der Waals surface area contributed by atoms with Crippen LogP contribution in [0.4, 0.5) is 5.82 Å². The number of hydrogen-bond donors (Lipinski definition) is 1. The second-order valence-corrected chi connectivity index (χ2v) is 5.47. The summed E-state index contributed by atoms with van der Waals surface area (Å²) in [6.07, 6.45) is 3.50. The molecule has 5 nitrogen and oxygen atoms in total. The number of aryl methyl sites for hydroxylation is 1. The third-order valence-corrected chi connectivity index (χ3v) is 4.13. The minimum atomic E-state index is 0.250. The van der Waals surface area contributed by atoms with Gasteiger partial charge < -0.3 is 10.6 Å². The second-order valence-electron chi connectivity index (χ2n) is 5.47. The molecule has 2 rings (SSSR count). The Balaban J connectivity index is 2.44. The highest BCUT2D eigenvalue weighted by Gasteiger charge is 2.27. The van der Waals surface area contributed by atoms with Crippen molar-refractivity contribution in [3.05, 3.63) is 16.8 Å². The van der Waals surface area contributed by atoms with Gasteiger partial charge in [-0.05, 0) is 38.2 Å². The van der Waals surface area contributed by atoms with Gasteiger partial charge >= 0.3 is 0 Å². The van der Waals surface area contributed by atoms with Gasteiger partial charge in [0.2, 0.25) is 0 Å². The number of nitrogens with zero attached hydrogens (tertiary/aromatic N) is 4. The second kappa shape index (κ2) is 6.19. The molecule has 1 aliphatic rings. The minimum absolute atomic E-state index is 0.250. The normalized spacial score (nSPS) is 22.6. The molecule has 1 saturated heterocycles. The molecule has 108 valence electrons. The third kappa shape index (κ3) is 2.61. The maximum Gasteiger partial charge on any atom is 0.169 e. The van der Waals surface area contributed by atoms with E-state index in [1.165, 1.54) is 0 Å². The molecule has 20 heavy (non-hydrogen) atoms. The van der Waals surface area contributed by atoms with Crippen molar-refractivity contribution < 1.29 is 0 Å². The van der Waals surface area contributed by atoms with E-state index in [4.69, 9.17) is 5.73 Å². The molecule has 1 fully saturated rings. The van der Waals surface area contributed by atoms with Gasteiger partial charge in [-0.1, -0.05) is 13.8 Å². The summed E-state index contributed by atoms with van der Waals surface area (Å²) < 4.78 is 0. The zero-order chi connectivity index (χ0) is 14.7. The summed E-state index contributed by atoms with van der Waals surface area (Å²) >= 11 is 0. The molecular formula is C15H23N5. The topological polar surface area (TPSA) is 78.8 Å². The van der Waals surface area contributed by atoms with Crippen molar-refractivity contribution in [3.8, 4) is 6.07 Å². The van der Waals surface area contributed by atoms with E-state index in [1.54, 1.807) is 0 Å². The van der Waals surface area contributed by atoms with Crippen LogP contribution >= 0.6 is 0 Å². The van der Waals surface area contributed by atoms with Gasteiger partial charge in [0.25, 0.3) is 0 Å². The lowest BCUT2D eigenvalue weighted by Gasteiger charge is -2.37. The Morgan fingerprint density at radius 2 is 2.10 bits per heavy atom. The number of hydrogen-bond acceptors (Lipinski definition) is 5. The molecule has 0 aliphatic carbocycles. The molecule has 2 atom stereocenters. The summed E-state index contributed by atoms with van der Waals surface area (Å²) in [5.41, 5.74) is 8.69. The predicted molar refractivity (Wildman–Crippen MR) is 79.5 cm³/mol. The van der Waals surface area contributed by atoms with Crippen LogP contribution < -0.4 is 10.6 Å². The molecular weight excluding hydrogens is 250 g/mol. The molecule has 0 aromatic carbocycles. The Kier molecular flexibility index (Phi) is 4.56. The lowest BCUT2D eigenvalue weighted by molar-refractivity contribution is 0.425. The highest BCUT2D eigenvalue weighted by Crippen LogP contribution is 2.28. The highest BCUT2D eigenvalue weighted by atomic mass is 15.3. The van der Waals surface area contributed by atoms with E-state index in [0.717, 1.165) is 49.3 Å². The van der Waals surface area contributed by atoms with E-state index in [0.29, 0.717) is 11.6 Å². The van der Waals surface area contributed by atoms with Gasteiger partial charge in [-0.3, -0.25) is 0 Å². The number of aromatic nitrogens is 2. The Bertz CT molecular complexity index is 520. The first-order chi connectivity index (χ1) is 9.62. The van der Waals surface area contributed by atoms with E-state index >= 15 is 0 Å². The van der Waals surface area contributed by atoms with E-state index in [9.17, 15) is 5.26 Å². The van der Waals surface area contributed by atoms with Crippen LogP contribution in [-0.4, -0.2) is 28.8 Å². The van der Waals surface area contributed by atoms with Crippen LogP contribution in [0.2, 0.25) is 0 Å². The smallest absolute Gasteiger partial charge is 0.169 e. The minimum Gasteiger partial charge on any atom is -0.351 e. The van der Waals surface area contributed by atoms with Crippen LogP contribution in [0.15, 0.2) is 0 Å². The van der Waals surface area contributed by atoms with Crippen molar-refractivity contribution in [3.63, 3.8) is 0 Å². The molecule has 1 aromatic heterocycles. The zero-order valence-corrected chi connectivity index (χ0v) is 12.6. The van der Waals surface area contributed by atoms with E-state index < -0.39 is 0 Å². The molecule has 0 amide bonds. The van der Waals surface area contributed by atoms with E-state index in [1.807, 2.05) is 6.92 Å². The van der Waals surface area contributed by atoms with Gasteiger partial charge in [0.1, 0.15) is 11.6 Å². The SMILES string of the molecule is CCc1nnc(N2CCC(N)CC2C)c(C#N)c1CC. The molecule has 0 spiro atoms. The first-order valence-electron chi connectivity index (χ1n) is 7.43. The predicted octanol–water partition coefficient (Wildman–Crippen LogP) is 1.79. The van der Waals surface area contributed by atoms with Crippen LogP contribution in [0.3, 0.4) is 0 Å². The summed E-state index contributed by atoms with van der Waals surface area (Å²) in [6, 6.07) is 2.90. The summed E-state index contributed by atoms with van der Waals surface area (Å²) in [6.45, 7) is 7.10. The van der Waals surface area contributed by atoms with Crippen LogP contribution in [0, 0.1) is 11.3 Å². The van der Waals surface area contributed by atoms with Crippen LogP contribution in [0.5, 0.6) is 0 Å². The number of anilines is 1. The van der Waals surface area contributed by atoms with Gasteiger partial charge in [0.15, 0.2) is 5.82 Å². The Labute approximate surface area is 120 Å². The van der Waals surface area contributed by atoms with Crippen LogP contribution in [0.1, 0.15) is 50.4 Å². The maximum atomic E-state index is 9.55. The van der Waals surface area contributed by atoms with Gasteiger partial charge in [-0.15, -0.1) is 5.10 Å². The average Bonchev–Trinajstić information content (AvgIpc) is 2.45. The van der Waals surface area contributed by atoms with Crippen molar-refractivity contribution in [2.75, 3.05) is 11.4 Å². The lowest BCUT2D eigenvalue weighted by Crippen LogP contribution is -2.46. The van der Waals surface area contributed by atoms with Crippen molar-refractivity contribution >= 4 is 5.82 Å². The quantitative estimate of drug-likeness (QED) is 0.908. The number of piperidine rings is 1. The molecule has 0 bridgehead atoms. The van der Waals surface area contributed by atoms with Gasteiger partial charge in [0, 0.05) is 18.6 Å². The number of nitriles is 1. The summed E-state index contributed by atoms with van der Waals surface area (Å²) in [4.78, 5) is 2.19. The van der Waals surface area contributed by atoms with Crippen molar-refractivity contribution in [1.82, 2.24) is 10.2 Å². The van der Waals surface area contributed by atoms with Crippen molar-refractivity contribution in [2.24, 2.45) is 5.73 Å². The number of rotatable bonds is 3. The molecule has 0 saturated carbocycles. The average molecular weight is 273 g/mol. The first kappa shape index (κ1) is 14.7. The number of nitrogens with two attached hydrogens (primary N) is 1. The molecule has 5 heteroatoms. The Hall–Kier alpha value is -1.67. The van der Waals surface area contributed by atoms with Gasteiger partial charge in [0.05, 0.1) is 5.69 Å². The molecule has 2 N–H and O–H groups in total. The molecule has 2 heterocycles. The first-order valence-corrected chi connectivity index (χ1v) is 7.43. The largest absolute Gasteiger partial charge is 0.351 e. The summed E-state index contributed by atoms with van der Waals surface area (Å²) in [7, 11) is 0. The van der Waals surface area contributed by atoms with Crippen molar-refractivity contribution in [1.29, 1.82) is 5.26 Å². The fourth-order valence-electron chi connectivity index (χ4n) is 3.00. The van der Waals surface area contributed by atoms with Gasteiger partial charge in [-0.25, -0.2) is 0 Å². The molecule has 1 aromatic rings. The van der Waals surface area contributed by atoms with Gasteiger partial charge in [-0.2, -0.15) is 10.4 Å². The Morgan fingerprint density at radius 1 is 1.35 bits per heavy atom. The molecule has 0 radical (unpaired) electrons. The molecule has 2 unspecified atom stereocenters. The third-order valence-electron chi connectivity index (χ3n) is 4.13.